The number of nitrogens with one attached hydrogen (secondary N) is 2. The summed E-state index contributed by atoms with van der Waals surface area (Å²) in [6, 6.07) is 5.16. The molecule has 0 radical (unpaired) electrons. The van der Waals surface area contributed by atoms with Crippen molar-refractivity contribution in [1.29, 1.82) is 0 Å². The Kier molecular flexibility index (Phi) is 3.91. The maximum Gasteiger partial charge on any atom is 0.305 e. The largest absolute Gasteiger partial charge is 0.481 e. The molecule has 23 heavy (non-hydrogen) atoms. The van der Waals surface area contributed by atoms with Crippen LogP contribution in [0.25, 0.3) is 11.5 Å². The number of amides is 1. The van der Waals surface area contributed by atoms with E-state index in [1.165, 1.54) is 0 Å². The maximum absolute atomic E-state index is 12.4. The van der Waals surface area contributed by atoms with E-state index in [1.807, 2.05) is 13.0 Å². The molecule has 3 rings (SSSR count). The van der Waals surface area contributed by atoms with Crippen LogP contribution in [-0.4, -0.2) is 45.9 Å². The summed E-state index contributed by atoms with van der Waals surface area (Å²) in [7, 11) is 0. The molecule has 0 spiro atoms. The van der Waals surface area contributed by atoms with E-state index in [0.717, 1.165) is 5.76 Å². The molecule has 122 valence electrons. The first kappa shape index (κ1) is 15.3. The molecule has 2 aromatic heterocycles. The Hall–Kier alpha value is -2.61. The van der Waals surface area contributed by atoms with Gasteiger partial charge in [0.15, 0.2) is 11.5 Å². The van der Waals surface area contributed by atoms with Gasteiger partial charge in [0.2, 0.25) is 0 Å². The van der Waals surface area contributed by atoms with Crippen LogP contribution in [0.4, 0.5) is 0 Å². The Labute approximate surface area is 131 Å². The molecular weight excluding hydrogens is 302 g/mol. The minimum absolute atomic E-state index is 0.172. The normalized spacial score (nSPS) is 20.6. The van der Waals surface area contributed by atoms with Crippen molar-refractivity contribution in [1.82, 2.24) is 15.5 Å². The van der Waals surface area contributed by atoms with Gasteiger partial charge in [0.25, 0.3) is 5.91 Å². The molecule has 0 saturated carbocycles. The number of H-pyrrole nitrogens is 1. The summed E-state index contributed by atoms with van der Waals surface area (Å²) in [5.41, 5.74) is -0.132. The van der Waals surface area contributed by atoms with Gasteiger partial charge in [0.1, 0.15) is 11.5 Å². The van der Waals surface area contributed by atoms with Gasteiger partial charge in [-0.25, -0.2) is 0 Å². The van der Waals surface area contributed by atoms with Gasteiger partial charge in [-0.3, -0.25) is 14.7 Å². The SMILES string of the molecule is Cc1ccc(-c2cc(C(=O)NC3(CC(=O)O)CCOC3)n[nH]2)o1. The summed E-state index contributed by atoms with van der Waals surface area (Å²) in [4.78, 5) is 23.4. The molecule has 3 N–H and O–H groups in total. The number of carbonyl (C=O) groups is 2. The van der Waals surface area contributed by atoms with Crippen LogP contribution in [0.2, 0.25) is 0 Å². The van der Waals surface area contributed by atoms with Crippen LogP contribution >= 0.6 is 0 Å². The van der Waals surface area contributed by atoms with Crippen LogP contribution in [0.1, 0.15) is 29.1 Å². The van der Waals surface area contributed by atoms with Crippen molar-refractivity contribution in [2.24, 2.45) is 0 Å². The Bertz CT molecular complexity index is 727. The predicted octanol–water partition coefficient (Wildman–Crippen LogP) is 1.34. The van der Waals surface area contributed by atoms with Crippen molar-refractivity contribution in [3.63, 3.8) is 0 Å². The molecule has 0 aliphatic carbocycles. The van der Waals surface area contributed by atoms with Gasteiger partial charge < -0.3 is 19.6 Å². The van der Waals surface area contributed by atoms with Crippen LogP contribution in [0, 0.1) is 6.92 Å². The third kappa shape index (κ3) is 3.26. The molecule has 3 heterocycles. The molecule has 1 amide bonds. The first-order chi connectivity index (χ1) is 11.0. The minimum Gasteiger partial charge on any atom is -0.481 e. The number of ether oxygens (including phenoxy) is 1. The van der Waals surface area contributed by atoms with Crippen LogP contribution in [0.15, 0.2) is 22.6 Å². The summed E-state index contributed by atoms with van der Waals surface area (Å²) in [6.07, 6.45) is 0.271. The van der Waals surface area contributed by atoms with Gasteiger partial charge in [-0.1, -0.05) is 0 Å². The number of rotatable bonds is 5. The fourth-order valence-corrected chi connectivity index (χ4v) is 2.63. The zero-order valence-electron chi connectivity index (χ0n) is 12.6. The number of aromatic amines is 1. The van der Waals surface area contributed by atoms with Crippen molar-refractivity contribution in [3.05, 3.63) is 29.7 Å². The highest BCUT2D eigenvalue weighted by Gasteiger charge is 2.39. The highest BCUT2D eigenvalue weighted by atomic mass is 16.5. The molecule has 2 aromatic rings. The van der Waals surface area contributed by atoms with Crippen LogP contribution in [0.3, 0.4) is 0 Å². The topological polar surface area (TPSA) is 117 Å². The summed E-state index contributed by atoms with van der Waals surface area (Å²) < 4.78 is 10.7. The highest BCUT2D eigenvalue weighted by Crippen LogP contribution is 2.24. The van der Waals surface area contributed by atoms with E-state index >= 15 is 0 Å². The Balaban J connectivity index is 1.75. The monoisotopic (exact) mass is 319 g/mol. The molecule has 8 heteroatoms. The maximum atomic E-state index is 12.4. The molecule has 0 bridgehead atoms. The number of carboxylic acids is 1. The lowest BCUT2D eigenvalue weighted by Crippen LogP contribution is -2.50. The predicted molar refractivity (Wildman–Crippen MR) is 78.9 cm³/mol. The number of carboxylic acid groups (broad SMARTS) is 1. The second-order valence-corrected chi connectivity index (χ2v) is 5.68. The average Bonchev–Trinajstić information content (AvgIpc) is 3.18. The van der Waals surface area contributed by atoms with Crippen molar-refractivity contribution < 1.29 is 23.8 Å². The quantitative estimate of drug-likeness (QED) is 0.765. The van der Waals surface area contributed by atoms with Gasteiger partial charge >= 0.3 is 5.97 Å². The second kappa shape index (κ2) is 5.88. The molecule has 1 aliphatic heterocycles. The Morgan fingerprint density at radius 3 is 2.91 bits per heavy atom. The molecular formula is C15H17N3O5. The van der Waals surface area contributed by atoms with Gasteiger partial charge in [-0.15, -0.1) is 0 Å². The summed E-state index contributed by atoms with van der Waals surface area (Å²) >= 11 is 0. The first-order valence-electron chi connectivity index (χ1n) is 7.22. The number of nitrogens with zero attached hydrogens (tertiary/aromatic N) is 1. The number of aromatic nitrogens is 2. The number of hydrogen-bond donors (Lipinski definition) is 3. The number of hydrogen-bond acceptors (Lipinski definition) is 5. The van der Waals surface area contributed by atoms with Gasteiger partial charge in [0, 0.05) is 12.7 Å². The standard InChI is InChI=1S/C15H17N3O5/c1-9-2-3-12(23-9)10-6-11(18-17-10)14(21)16-15(7-13(19)20)4-5-22-8-15/h2-3,6H,4-5,7-8H2,1H3,(H,16,21)(H,17,18)(H,19,20). The van der Waals surface area contributed by atoms with E-state index < -0.39 is 17.4 Å². The summed E-state index contributed by atoms with van der Waals surface area (Å²) in [5, 5.41) is 18.5. The van der Waals surface area contributed by atoms with E-state index in [2.05, 4.69) is 15.5 Å². The van der Waals surface area contributed by atoms with Gasteiger partial charge in [-0.05, 0) is 25.5 Å². The Morgan fingerprint density at radius 1 is 1.48 bits per heavy atom. The van der Waals surface area contributed by atoms with Crippen molar-refractivity contribution in [2.75, 3.05) is 13.2 Å². The van der Waals surface area contributed by atoms with E-state index in [9.17, 15) is 9.59 Å². The molecule has 8 nitrogen and oxygen atoms in total. The average molecular weight is 319 g/mol. The smallest absolute Gasteiger partial charge is 0.305 e. The first-order valence-corrected chi connectivity index (χ1v) is 7.22. The lowest BCUT2D eigenvalue weighted by molar-refractivity contribution is -0.138. The number of aliphatic carboxylic acids is 1. The van der Waals surface area contributed by atoms with Crippen LogP contribution in [0.5, 0.6) is 0 Å². The summed E-state index contributed by atoms with van der Waals surface area (Å²) in [6.45, 7) is 2.42. The Morgan fingerprint density at radius 2 is 2.30 bits per heavy atom. The summed E-state index contributed by atoms with van der Waals surface area (Å²) in [5.74, 6) is -0.0882. The third-order valence-electron chi connectivity index (χ3n) is 3.79. The molecule has 0 aromatic carbocycles. The zero-order chi connectivity index (χ0) is 16.4. The van der Waals surface area contributed by atoms with E-state index in [4.69, 9.17) is 14.3 Å². The molecule has 1 atom stereocenters. The molecule has 1 aliphatic rings. The van der Waals surface area contributed by atoms with Crippen molar-refractivity contribution in [2.45, 2.75) is 25.3 Å². The van der Waals surface area contributed by atoms with E-state index in [1.54, 1.807) is 12.1 Å². The van der Waals surface area contributed by atoms with Crippen LogP contribution < -0.4 is 5.32 Å². The van der Waals surface area contributed by atoms with Gasteiger partial charge in [0.05, 0.1) is 18.6 Å². The number of carbonyl (C=O) groups excluding carboxylic acids is 1. The highest BCUT2D eigenvalue weighted by molar-refractivity contribution is 5.94. The van der Waals surface area contributed by atoms with Gasteiger partial charge in [-0.2, -0.15) is 5.10 Å². The van der Waals surface area contributed by atoms with Crippen LogP contribution in [-0.2, 0) is 9.53 Å². The van der Waals surface area contributed by atoms with E-state index in [-0.39, 0.29) is 18.7 Å². The number of aryl methyl sites for hydroxylation is 1. The van der Waals surface area contributed by atoms with Crippen molar-refractivity contribution in [3.8, 4) is 11.5 Å². The molecule has 1 unspecified atom stereocenters. The molecule has 1 fully saturated rings. The zero-order valence-corrected chi connectivity index (χ0v) is 12.6. The van der Waals surface area contributed by atoms with Crippen molar-refractivity contribution >= 4 is 11.9 Å². The lowest BCUT2D eigenvalue weighted by Gasteiger charge is -2.26. The fraction of sp³-hybridized carbons (Fsp3) is 0.400. The molecule has 1 saturated heterocycles. The fourth-order valence-electron chi connectivity index (χ4n) is 2.63. The number of furan rings is 1. The lowest BCUT2D eigenvalue weighted by atomic mass is 9.94. The second-order valence-electron chi connectivity index (χ2n) is 5.68. The third-order valence-corrected chi connectivity index (χ3v) is 3.79. The minimum atomic E-state index is -0.982. The van der Waals surface area contributed by atoms with E-state index in [0.29, 0.717) is 24.5 Å².